The Balaban J connectivity index is 2.86. The summed E-state index contributed by atoms with van der Waals surface area (Å²) in [7, 11) is 0. The molecule has 1 N–H and O–H groups in total. The molecule has 1 rings (SSSR count). The van der Waals surface area contributed by atoms with Gasteiger partial charge in [0, 0.05) is 12.2 Å². The number of nitrogens with zero attached hydrogens (tertiary/aromatic N) is 1. The van der Waals surface area contributed by atoms with E-state index in [-0.39, 0.29) is 0 Å². The summed E-state index contributed by atoms with van der Waals surface area (Å²) in [5.74, 6) is 0. The predicted molar refractivity (Wildman–Crippen MR) is 63.9 cm³/mol. The van der Waals surface area contributed by atoms with E-state index in [1.54, 1.807) is 0 Å². The Morgan fingerprint density at radius 2 is 1.80 bits per heavy atom. The predicted octanol–water partition coefficient (Wildman–Crippen LogP) is 3.14. The van der Waals surface area contributed by atoms with E-state index >= 15 is 0 Å². The third-order valence-electron chi connectivity index (χ3n) is 2.54. The molecule has 0 atom stereocenters. The molecule has 0 fully saturated rings. The second kappa shape index (κ2) is 6.08. The minimum Gasteiger partial charge on any atom is -0.384 e. The molecule has 0 aliphatic rings. The smallest absolute Gasteiger partial charge is 0.0640 e. The van der Waals surface area contributed by atoms with Crippen molar-refractivity contribution in [3.63, 3.8) is 0 Å². The van der Waals surface area contributed by atoms with Crippen molar-refractivity contribution in [3.05, 3.63) is 29.3 Å². The number of nitrogens with one attached hydrogen (secondary N) is 1. The Hall–Kier alpha value is -1.49. The van der Waals surface area contributed by atoms with Crippen molar-refractivity contribution < 1.29 is 0 Å². The average molecular weight is 202 g/mol. The summed E-state index contributed by atoms with van der Waals surface area (Å²) in [6.45, 7) is 5.05. The van der Waals surface area contributed by atoms with E-state index in [9.17, 15) is 0 Å². The van der Waals surface area contributed by atoms with Crippen LogP contribution in [0.4, 0.5) is 5.69 Å². The van der Waals surface area contributed by atoms with Crippen LogP contribution in [-0.2, 0) is 12.8 Å². The van der Waals surface area contributed by atoms with E-state index in [4.69, 9.17) is 5.26 Å². The van der Waals surface area contributed by atoms with Gasteiger partial charge in [-0.25, -0.2) is 0 Å². The highest BCUT2D eigenvalue weighted by Crippen LogP contribution is 2.22. The molecule has 2 heteroatoms. The van der Waals surface area contributed by atoms with Crippen LogP contribution >= 0.6 is 0 Å². The van der Waals surface area contributed by atoms with E-state index in [2.05, 4.69) is 43.4 Å². The minimum absolute atomic E-state index is 0.557. The molecule has 0 unspecified atom stereocenters. The summed E-state index contributed by atoms with van der Waals surface area (Å²) in [5, 5.41) is 11.9. The van der Waals surface area contributed by atoms with Crippen LogP contribution in [0.3, 0.4) is 0 Å². The summed E-state index contributed by atoms with van der Waals surface area (Å²) >= 11 is 0. The van der Waals surface area contributed by atoms with E-state index < -0.39 is 0 Å². The van der Waals surface area contributed by atoms with Crippen molar-refractivity contribution in [2.75, 3.05) is 11.9 Å². The fourth-order valence-corrected chi connectivity index (χ4v) is 1.71. The van der Waals surface area contributed by atoms with Gasteiger partial charge < -0.3 is 5.32 Å². The van der Waals surface area contributed by atoms with Crippen molar-refractivity contribution in [1.82, 2.24) is 0 Å². The lowest BCUT2D eigenvalue weighted by Gasteiger charge is -2.14. The van der Waals surface area contributed by atoms with Gasteiger partial charge in [-0.2, -0.15) is 5.26 Å². The lowest BCUT2D eigenvalue weighted by Crippen LogP contribution is -2.06. The SMILES string of the molecule is CCc1cccc(CC)c1NCCC#N. The minimum atomic E-state index is 0.557. The van der Waals surface area contributed by atoms with Gasteiger partial charge in [-0.05, 0) is 24.0 Å². The Bertz CT molecular complexity index is 328. The van der Waals surface area contributed by atoms with Crippen LogP contribution in [0.5, 0.6) is 0 Å². The van der Waals surface area contributed by atoms with E-state index in [0.29, 0.717) is 6.42 Å². The second-order valence-corrected chi connectivity index (χ2v) is 3.49. The molecule has 0 amide bonds. The highest BCUT2D eigenvalue weighted by molar-refractivity contribution is 5.57. The molecule has 0 saturated carbocycles. The summed E-state index contributed by atoms with van der Waals surface area (Å²) in [6, 6.07) is 8.55. The van der Waals surface area contributed by atoms with Gasteiger partial charge in [0.05, 0.1) is 12.5 Å². The van der Waals surface area contributed by atoms with Crippen molar-refractivity contribution in [2.45, 2.75) is 33.1 Å². The van der Waals surface area contributed by atoms with Crippen LogP contribution in [0.2, 0.25) is 0 Å². The van der Waals surface area contributed by atoms with Gasteiger partial charge in [0.1, 0.15) is 0 Å². The highest BCUT2D eigenvalue weighted by atomic mass is 14.9. The number of anilines is 1. The zero-order chi connectivity index (χ0) is 11.1. The molecule has 0 radical (unpaired) electrons. The van der Waals surface area contributed by atoms with Crippen LogP contribution in [0.15, 0.2) is 18.2 Å². The molecular formula is C13H18N2. The van der Waals surface area contributed by atoms with E-state index in [1.807, 2.05) is 0 Å². The maximum absolute atomic E-state index is 8.51. The van der Waals surface area contributed by atoms with E-state index in [0.717, 1.165) is 19.4 Å². The van der Waals surface area contributed by atoms with Gasteiger partial charge in [-0.3, -0.25) is 0 Å². The molecule has 0 saturated heterocycles. The van der Waals surface area contributed by atoms with E-state index in [1.165, 1.54) is 16.8 Å². The fraction of sp³-hybridized carbons (Fsp3) is 0.462. The second-order valence-electron chi connectivity index (χ2n) is 3.49. The Kier molecular flexibility index (Phi) is 4.70. The summed E-state index contributed by atoms with van der Waals surface area (Å²) in [5.41, 5.74) is 3.91. The number of aryl methyl sites for hydroxylation is 2. The summed E-state index contributed by atoms with van der Waals surface area (Å²) < 4.78 is 0. The fourth-order valence-electron chi connectivity index (χ4n) is 1.71. The lowest BCUT2D eigenvalue weighted by molar-refractivity contribution is 1.03. The van der Waals surface area contributed by atoms with Crippen molar-refractivity contribution in [3.8, 4) is 6.07 Å². The first kappa shape index (κ1) is 11.6. The van der Waals surface area contributed by atoms with Gasteiger partial charge in [-0.1, -0.05) is 32.0 Å². The lowest BCUT2D eigenvalue weighted by atomic mass is 10.0. The number of hydrogen-bond donors (Lipinski definition) is 1. The van der Waals surface area contributed by atoms with Crippen LogP contribution in [0.25, 0.3) is 0 Å². The number of hydrogen-bond acceptors (Lipinski definition) is 2. The quantitative estimate of drug-likeness (QED) is 0.744. The van der Waals surface area contributed by atoms with Crippen molar-refractivity contribution >= 4 is 5.69 Å². The van der Waals surface area contributed by atoms with Gasteiger partial charge in [0.25, 0.3) is 0 Å². The van der Waals surface area contributed by atoms with Gasteiger partial charge >= 0.3 is 0 Å². The van der Waals surface area contributed by atoms with Crippen LogP contribution < -0.4 is 5.32 Å². The van der Waals surface area contributed by atoms with Crippen molar-refractivity contribution in [2.24, 2.45) is 0 Å². The molecule has 0 aromatic heterocycles. The molecule has 0 spiro atoms. The third kappa shape index (κ3) is 2.99. The monoisotopic (exact) mass is 202 g/mol. The van der Waals surface area contributed by atoms with Gasteiger partial charge in [0.15, 0.2) is 0 Å². The van der Waals surface area contributed by atoms with Crippen LogP contribution in [0.1, 0.15) is 31.4 Å². The van der Waals surface area contributed by atoms with Crippen molar-refractivity contribution in [1.29, 1.82) is 5.26 Å². The third-order valence-corrected chi connectivity index (χ3v) is 2.54. The molecular weight excluding hydrogens is 184 g/mol. The maximum Gasteiger partial charge on any atom is 0.0640 e. The molecule has 15 heavy (non-hydrogen) atoms. The van der Waals surface area contributed by atoms with Gasteiger partial charge in [-0.15, -0.1) is 0 Å². The average Bonchev–Trinajstić information content (AvgIpc) is 2.29. The molecule has 80 valence electrons. The number of rotatable bonds is 5. The Morgan fingerprint density at radius 1 is 1.20 bits per heavy atom. The first-order valence-corrected chi connectivity index (χ1v) is 5.55. The summed E-state index contributed by atoms with van der Waals surface area (Å²) in [4.78, 5) is 0. The Morgan fingerprint density at radius 3 is 2.27 bits per heavy atom. The zero-order valence-electron chi connectivity index (χ0n) is 9.51. The molecule has 0 aliphatic carbocycles. The largest absolute Gasteiger partial charge is 0.384 e. The molecule has 0 bridgehead atoms. The van der Waals surface area contributed by atoms with Crippen LogP contribution in [-0.4, -0.2) is 6.54 Å². The number of nitriles is 1. The molecule has 1 aromatic rings. The first-order chi connectivity index (χ1) is 7.33. The zero-order valence-corrected chi connectivity index (χ0v) is 9.51. The summed E-state index contributed by atoms with van der Waals surface area (Å²) in [6.07, 6.45) is 2.62. The highest BCUT2D eigenvalue weighted by Gasteiger charge is 2.04. The topological polar surface area (TPSA) is 35.8 Å². The maximum atomic E-state index is 8.51. The van der Waals surface area contributed by atoms with Crippen LogP contribution in [0, 0.1) is 11.3 Å². The normalized spacial score (nSPS) is 9.67. The molecule has 0 aliphatic heterocycles. The number of benzene rings is 1. The standard InChI is InChI=1S/C13H18N2/c1-3-11-7-5-8-12(4-2)13(11)15-10-6-9-14/h5,7-8,15H,3-4,6,10H2,1-2H3. The molecule has 2 nitrogen and oxygen atoms in total. The Labute approximate surface area is 91.9 Å². The number of para-hydroxylation sites is 1. The first-order valence-electron chi connectivity index (χ1n) is 5.55. The molecule has 0 heterocycles. The molecule has 1 aromatic carbocycles. The van der Waals surface area contributed by atoms with Gasteiger partial charge in [0.2, 0.25) is 0 Å².